The van der Waals surface area contributed by atoms with Crippen LogP contribution in [0.4, 0.5) is 0 Å². The molecule has 0 aliphatic heterocycles. The molecule has 4 heteroatoms. The van der Waals surface area contributed by atoms with E-state index in [0.29, 0.717) is 0 Å². The van der Waals surface area contributed by atoms with Gasteiger partial charge in [-0.1, -0.05) is 33.6 Å². The zero-order chi connectivity index (χ0) is 10.4. The molecule has 0 saturated carbocycles. The number of halogens is 2. The van der Waals surface area contributed by atoms with Crippen LogP contribution in [0.2, 0.25) is 5.02 Å². The first-order valence-corrected chi connectivity index (χ1v) is 5.66. The predicted molar refractivity (Wildman–Crippen MR) is 62.6 cm³/mol. The van der Waals surface area contributed by atoms with Crippen molar-refractivity contribution in [2.75, 3.05) is 13.2 Å². The van der Waals surface area contributed by atoms with Gasteiger partial charge in [0.2, 0.25) is 0 Å². The average molecular weight is 279 g/mol. The van der Waals surface area contributed by atoms with Crippen LogP contribution < -0.4 is 5.32 Å². The lowest BCUT2D eigenvalue weighted by Gasteiger charge is -2.06. The molecule has 0 fully saturated rings. The van der Waals surface area contributed by atoms with Crippen molar-refractivity contribution in [3.8, 4) is 0 Å². The molecule has 0 heterocycles. The summed E-state index contributed by atoms with van der Waals surface area (Å²) in [7, 11) is 0. The highest BCUT2D eigenvalue weighted by molar-refractivity contribution is 9.10. The Bertz CT molecular complexity index is 293. The van der Waals surface area contributed by atoms with Gasteiger partial charge >= 0.3 is 0 Å². The Morgan fingerprint density at radius 3 is 2.86 bits per heavy atom. The van der Waals surface area contributed by atoms with Crippen molar-refractivity contribution in [1.29, 1.82) is 0 Å². The number of aliphatic hydroxyl groups excluding tert-OH is 1. The first-order chi connectivity index (χ1) is 6.74. The highest BCUT2D eigenvalue weighted by Crippen LogP contribution is 2.21. The molecule has 0 aliphatic rings. The van der Waals surface area contributed by atoms with E-state index in [1.165, 1.54) is 5.56 Å². The largest absolute Gasteiger partial charge is 0.396 e. The quantitative estimate of drug-likeness (QED) is 0.812. The molecule has 78 valence electrons. The van der Waals surface area contributed by atoms with Crippen LogP contribution in [0.1, 0.15) is 12.0 Å². The van der Waals surface area contributed by atoms with Crippen molar-refractivity contribution < 1.29 is 5.11 Å². The molecule has 14 heavy (non-hydrogen) atoms. The summed E-state index contributed by atoms with van der Waals surface area (Å²) >= 11 is 9.26. The normalized spacial score (nSPS) is 10.5. The maximum Gasteiger partial charge on any atom is 0.0443 e. The van der Waals surface area contributed by atoms with Crippen LogP contribution >= 0.6 is 27.5 Å². The van der Waals surface area contributed by atoms with E-state index in [4.69, 9.17) is 16.7 Å². The Morgan fingerprint density at radius 2 is 2.21 bits per heavy atom. The lowest BCUT2D eigenvalue weighted by atomic mass is 10.2. The summed E-state index contributed by atoms with van der Waals surface area (Å²) in [6.45, 7) is 1.85. The Labute approximate surface area is 97.4 Å². The van der Waals surface area contributed by atoms with Crippen molar-refractivity contribution in [3.05, 3.63) is 33.3 Å². The molecule has 2 N–H and O–H groups in total. The third-order valence-corrected chi connectivity index (χ3v) is 2.82. The minimum absolute atomic E-state index is 0.231. The summed E-state index contributed by atoms with van der Waals surface area (Å²) < 4.78 is 1.02. The predicted octanol–water partition coefficient (Wildman–Crippen LogP) is 2.57. The van der Waals surface area contributed by atoms with E-state index < -0.39 is 0 Å². The molecular weight excluding hydrogens is 265 g/mol. The number of rotatable bonds is 5. The molecule has 0 radical (unpaired) electrons. The van der Waals surface area contributed by atoms with Gasteiger partial charge in [0, 0.05) is 22.6 Å². The summed E-state index contributed by atoms with van der Waals surface area (Å²) in [4.78, 5) is 0. The zero-order valence-electron chi connectivity index (χ0n) is 7.76. The molecule has 0 atom stereocenters. The van der Waals surface area contributed by atoms with Gasteiger partial charge in [-0.05, 0) is 30.7 Å². The van der Waals surface area contributed by atoms with Gasteiger partial charge in [-0.25, -0.2) is 0 Å². The zero-order valence-corrected chi connectivity index (χ0v) is 10.1. The topological polar surface area (TPSA) is 32.3 Å². The van der Waals surface area contributed by atoms with E-state index in [9.17, 15) is 0 Å². The lowest BCUT2D eigenvalue weighted by molar-refractivity contribution is 0.286. The number of aliphatic hydroxyl groups is 1. The van der Waals surface area contributed by atoms with Gasteiger partial charge in [0.05, 0.1) is 0 Å². The van der Waals surface area contributed by atoms with Crippen molar-refractivity contribution in [2.45, 2.75) is 13.0 Å². The summed E-state index contributed by atoms with van der Waals surface area (Å²) in [5.41, 5.74) is 1.17. The maximum absolute atomic E-state index is 8.59. The molecule has 1 aromatic carbocycles. The van der Waals surface area contributed by atoms with Gasteiger partial charge in [0.15, 0.2) is 0 Å². The van der Waals surface area contributed by atoms with Crippen LogP contribution in [0, 0.1) is 0 Å². The maximum atomic E-state index is 8.59. The molecule has 0 bridgehead atoms. The minimum Gasteiger partial charge on any atom is -0.396 e. The molecule has 0 unspecified atom stereocenters. The Morgan fingerprint density at radius 1 is 1.43 bits per heavy atom. The van der Waals surface area contributed by atoms with Gasteiger partial charge < -0.3 is 10.4 Å². The van der Waals surface area contributed by atoms with Crippen molar-refractivity contribution in [2.24, 2.45) is 0 Å². The second-order valence-corrected chi connectivity index (χ2v) is 4.28. The molecule has 0 aliphatic carbocycles. The van der Waals surface area contributed by atoms with Crippen LogP contribution in [0.3, 0.4) is 0 Å². The molecule has 1 aromatic rings. The van der Waals surface area contributed by atoms with E-state index in [0.717, 1.165) is 29.0 Å². The monoisotopic (exact) mass is 277 g/mol. The molecule has 0 spiro atoms. The number of hydrogen-bond acceptors (Lipinski definition) is 2. The van der Waals surface area contributed by atoms with E-state index in [2.05, 4.69) is 21.2 Å². The summed E-state index contributed by atoms with van der Waals surface area (Å²) in [6, 6.07) is 5.73. The van der Waals surface area contributed by atoms with Crippen LogP contribution in [0.15, 0.2) is 22.7 Å². The van der Waals surface area contributed by atoms with Gasteiger partial charge in [-0.15, -0.1) is 0 Å². The Hall–Kier alpha value is -0.0900. The summed E-state index contributed by atoms with van der Waals surface area (Å²) in [5.74, 6) is 0. The van der Waals surface area contributed by atoms with E-state index in [1.807, 2.05) is 18.2 Å². The lowest BCUT2D eigenvalue weighted by Crippen LogP contribution is -2.15. The van der Waals surface area contributed by atoms with Crippen molar-refractivity contribution in [1.82, 2.24) is 5.32 Å². The number of hydrogen-bond donors (Lipinski definition) is 2. The first kappa shape index (κ1) is 12.0. The van der Waals surface area contributed by atoms with Gasteiger partial charge in [-0.2, -0.15) is 0 Å². The fourth-order valence-corrected chi connectivity index (χ4v) is 1.92. The highest BCUT2D eigenvalue weighted by Gasteiger charge is 1.99. The second-order valence-electron chi connectivity index (χ2n) is 2.99. The minimum atomic E-state index is 0.231. The third-order valence-electron chi connectivity index (χ3n) is 1.84. The Kier molecular flexibility index (Phi) is 5.48. The summed E-state index contributed by atoms with van der Waals surface area (Å²) in [5, 5.41) is 12.5. The molecule has 1 rings (SSSR count). The molecule has 0 aromatic heterocycles. The highest BCUT2D eigenvalue weighted by atomic mass is 79.9. The summed E-state index contributed by atoms with van der Waals surface area (Å²) in [6.07, 6.45) is 0.783. The smallest absolute Gasteiger partial charge is 0.0443 e. The second kappa shape index (κ2) is 6.40. The SMILES string of the molecule is OCCCNCc1ccc(Cl)cc1Br. The number of benzene rings is 1. The van der Waals surface area contributed by atoms with E-state index in [-0.39, 0.29) is 6.61 Å². The fourth-order valence-electron chi connectivity index (χ4n) is 1.09. The van der Waals surface area contributed by atoms with Crippen LogP contribution in [0.5, 0.6) is 0 Å². The molecule has 0 saturated heterocycles. The first-order valence-electron chi connectivity index (χ1n) is 4.49. The third kappa shape index (κ3) is 3.96. The standard InChI is InChI=1S/C10H13BrClNO/c11-10-6-9(12)3-2-8(10)7-13-4-1-5-14/h2-3,6,13-14H,1,4-5,7H2. The van der Waals surface area contributed by atoms with Gasteiger partial charge in [-0.3, -0.25) is 0 Å². The van der Waals surface area contributed by atoms with Crippen molar-refractivity contribution in [3.63, 3.8) is 0 Å². The fraction of sp³-hybridized carbons (Fsp3) is 0.400. The molecule has 0 amide bonds. The van der Waals surface area contributed by atoms with E-state index >= 15 is 0 Å². The molecule has 2 nitrogen and oxygen atoms in total. The van der Waals surface area contributed by atoms with Crippen LogP contribution in [0.25, 0.3) is 0 Å². The van der Waals surface area contributed by atoms with E-state index in [1.54, 1.807) is 0 Å². The average Bonchev–Trinajstić information content (AvgIpc) is 2.15. The van der Waals surface area contributed by atoms with Crippen LogP contribution in [-0.4, -0.2) is 18.3 Å². The number of nitrogens with one attached hydrogen (secondary N) is 1. The van der Waals surface area contributed by atoms with Gasteiger partial charge in [0.1, 0.15) is 0 Å². The Balaban J connectivity index is 2.42. The van der Waals surface area contributed by atoms with Gasteiger partial charge in [0.25, 0.3) is 0 Å². The van der Waals surface area contributed by atoms with Crippen molar-refractivity contribution >= 4 is 27.5 Å². The van der Waals surface area contributed by atoms with Crippen LogP contribution in [-0.2, 0) is 6.54 Å². The molecular formula is C10H13BrClNO.